The van der Waals surface area contributed by atoms with E-state index < -0.39 is 9.84 Å². The van der Waals surface area contributed by atoms with Gasteiger partial charge in [-0.3, -0.25) is 4.99 Å². The van der Waals surface area contributed by atoms with Gasteiger partial charge in [-0.15, -0.1) is 0 Å². The highest BCUT2D eigenvalue weighted by atomic mass is 32.2. The summed E-state index contributed by atoms with van der Waals surface area (Å²) in [6.45, 7) is 9.45. The molecule has 0 saturated carbocycles. The lowest BCUT2D eigenvalue weighted by Gasteiger charge is -2.29. The lowest BCUT2D eigenvalue weighted by atomic mass is 9.99. The van der Waals surface area contributed by atoms with Crippen molar-refractivity contribution in [2.75, 3.05) is 44.2 Å². The Hall–Kier alpha value is -0.820. The fraction of sp³-hybridized carbons (Fsp3) is 0.938. The molecule has 0 aromatic rings. The predicted molar refractivity (Wildman–Crippen MR) is 95.6 cm³/mol. The highest BCUT2D eigenvalue weighted by molar-refractivity contribution is 7.91. The van der Waals surface area contributed by atoms with Crippen LogP contribution in [0.1, 0.15) is 39.5 Å². The van der Waals surface area contributed by atoms with E-state index in [2.05, 4.69) is 27.4 Å². The fourth-order valence-corrected chi connectivity index (χ4v) is 4.87. The molecular weight excluding hydrogens is 312 g/mol. The van der Waals surface area contributed by atoms with Gasteiger partial charge in [0.2, 0.25) is 0 Å². The molecule has 2 heterocycles. The van der Waals surface area contributed by atoms with Crippen molar-refractivity contribution in [1.29, 1.82) is 0 Å². The minimum absolute atomic E-state index is 0.00128. The normalized spacial score (nSPS) is 26.3. The van der Waals surface area contributed by atoms with Crippen molar-refractivity contribution in [3.05, 3.63) is 0 Å². The van der Waals surface area contributed by atoms with Gasteiger partial charge in [-0.25, -0.2) is 8.42 Å². The van der Waals surface area contributed by atoms with Crippen LogP contribution in [0.25, 0.3) is 0 Å². The molecule has 0 aliphatic carbocycles. The molecule has 2 rings (SSSR count). The Kier molecular flexibility index (Phi) is 7.14. The molecule has 0 aromatic heterocycles. The SMILES string of the molecule is CCNC(=NCCCN1CCC(C)CC1)NC1CCS(=O)(=O)C1. The van der Waals surface area contributed by atoms with Crippen LogP contribution in [-0.4, -0.2) is 69.5 Å². The number of likely N-dealkylation sites (tertiary alicyclic amines) is 1. The first-order valence-electron chi connectivity index (χ1n) is 8.96. The average molecular weight is 345 g/mol. The summed E-state index contributed by atoms with van der Waals surface area (Å²) in [5.74, 6) is 2.14. The number of nitrogens with zero attached hydrogens (tertiary/aromatic N) is 2. The second-order valence-electron chi connectivity index (χ2n) is 6.88. The number of nitrogens with one attached hydrogen (secondary N) is 2. The van der Waals surface area contributed by atoms with E-state index in [1.165, 1.54) is 25.9 Å². The summed E-state index contributed by atoms with van der Waals surface area (Å²) < 4.78 is 23.1. The van der Waals surface area contributed by atoms with Gasteiger partial charge in [-0.05, 0) is 58.2 Å². The smallest absolute Gasteiger partial charge is 0.191 e. The predicted octanol–water partition coefficient (Wildman–Crippen LogP) is 0.851. The van der Waals surface area contributed by atoms with Crippen LogP contribution in [0.15, 0.2) is 4.99 Å². The molecule has 2 fully saturated rings. The lowest BCUT2D eigenvalue weighted by molar-refractivity contribution is 0.192. The van der Waals surface area contributed by atoms with Crippen molar-refractivity contribution in [3.8, 4) is 0 Å². The number of hydrogen-bond acceptors (Lipinski definition) is 4. The Morgan fingerprint density at radius 2 is 2.00 bits per heavy atom. The maximum atomic E-state index is 11.5. The quantitative estimate of drug-likeness (QED) is 0.425. The van der Waals surface area contributed by atoms with Gasteiger partial charge in [0.05, 0.1) is 11.5 Å². The molecule has 0 amide bonds. The van der Waals surface area contributed by atoms with Crippen LogP contribution in [-0.2, 0) is 9.84 Å². The zero-order valence-corrected chi connectivity index (χ0v) is 15.4. The topological polar surface area (TPSA) is 73.8 Å². The van der Waals surface area contributed by atoms with Crippen molar-refractivity contribution in [3.63, 3.8) is 0 Å². The third kappa shape index (κ3) is 6.67. The summed E-state index contributed by atoms with van der Waals surface area (Å²) in [6.07, 6.45) is 4.35. The largest absolute Gasteiger partial charge is 0.357 e. The Morgan fingerprint density at radius 3 is 2.61 bits per heavy atom. The molecule has 0 aromatic carbocycles. The van der Waals surface area contributed by atoms with Gasteiger partial charge >= 0.3 is 0 Å². The summed E-state index contributed by atoms with van der Waals surface area (Å²) in [6, 6.07) is 0.00128. The maximum Gasteiger partial charge on any atom is 0.191 e. The van der Waals surface area contributed by atoms with E-state index in [0.29, 0.717) is 6.42 Å². The molecule has 2 saturated heterocycles. The van der Waals surface area contributed by atoms with E-state index in [-0.39, 0.29) is 17.5 Å². The lowest BCUT2D eigenvalue weighted by Crippen LogP contribution is -2.44. The molecule has 23 heavy (non-hydrogen) atoms. The van der Waals surface area contributed by atoms with Gasteiger partial charge in [0, 0.05) is 19.1 Å². The number of sulfone groups is 1. The summed E-state index contributed by atoms with van der Waals surface area (Å²) in [7, 11) is -2.85. The summed E-state index contributed by atoms with van der Waals surface area (Å²) in [5.41, 5.74) is 0. The molecule has 2 aliphatic rings. The third-order valence-corrected chi connectivity index (χ3v) is 6.46. The Bertz CT molecular complexity index is 484. The zero-order valence-electron chi connectivity index (χ0n) is 14.6. The molecule has 1 unspecified atom stereocenters. The maximum absolute atomic E-state index is 11.5. The minimum atomic E-state index is -2.85. The van der Waals surface area contributed by atoms with Gasteiger partial charge in [-0.1, -0.05) is 6.92 Å². The first-order chi connectivity index (χ1) is 11.0. The van der Waals surface area contributed by atoms with Crippen molar-refractivity contribution in [2.45, 2.75) is 45.6 Å². The Labute approximate surface area is 141 Å². The minimum Gasteiger partial charge on any atom is -0.357 e. The van der Waals surface area contributed by atoms with Gasteiger partial charge in [0.25, 0.3) is 0 Å². The number of aliphatic imine (C=N–C) groups is 1. The van der Waals surface area contributed by atoms with E-state index in [4.69, 9.17) is 0 Å². The number of guanidine groups is 1. The van der Waals surface area contributed by atoms with Crippen molar-refractivity contribution >= 4 is 15.8 Å². The van der Waals surface area contributed by atoms with Crippen LogP contribution < -0.4 is 10.6 Å². The highest BCUT2D eigenvalue weighted by Gasteiger charge is 2.28. The summed E-state index contributed by atoms with van der Waals surface area (Å²) in [4.78, 5) is 7.12. The van der Waals surface area contributed by atoms with Gasteiger partial charge in [0.15, 0.2) is 15.8 Å². The average Bonchev–Trinajstić information content (AvgIpc) is 2.84. The molecule has 0 radical (unpaired) electrons. The third-order valence-electron chi connectivity index (χ3n) is 4.70. The molecule has 0 spiro atoms. The summed E-state index contributed by atoms with van der Waals surface area (Å²) >= 11 is 0. The van der Waals surface area contributed by atoms with E-state index in [1.54, 1.807) is 0 Å². The van der Waals surface area contributed by atoms with E-state index >= 15 is 0 Å². The van der Waals surface area contributed by atoms with Crippen molar-refractivity contribution in [1.82, 2.24) is 15.5 Å². The van der Waals surface area contributed by atoms with Crippen LogP contribution >= 0.6 is 0 Å². The molecule has 6 nitrogen and oxygen atoms in total. The van der Waals surface area contributed by atoms with E-state index in [9.17, 15) is 8.42 Å². The first kappa shape index (κ1) is 18.5. The fourth-order valence-electron chi connectivity index (χ4n) is 3.19. The molecule has 1 atom stereocenters. The van der Waals surface area contributed by atoms with Gasteiger partial charge < -0.3 is 15.5 Å². The van der Waals surface area contributed by atoms with Gasteiger partial charge in [0.1, 0.15) is 0 Å². The number of hydrogen-bond donors (Lipinski definition) is 2. The van der Waals surface area contributed by atoms with Crippen LogP contribution in [0.5, 0.6) is 0 Å². The highest BCUT2D eigenvalue weighted by Crippen LogP contribution is 2.15. The van der Waals surface area contributed by atoms with Crippen molar-refractivity contribution in [2.24, 2.45) is 10.9 Å². The Morgan fingerprint density at radius 1 is 1.26 bits per heavy atom. The number of piperidine rings is 1. The molecular formula is C16H32N4O2S. The second kappa shape index (κ2) is 8.87. The molecule has 0 bridgehead atoms. The van der Waals surface area contributed by atoms with Crippen LogP contribution in [0.4, 0.5) is 0 Å². The molecule has 2 N–H and O–H groups in total. The molecule has 2 aliphatic heterocycles. The van der Waals surface area contributed by atoms with Crippen molar-refractivity contribution < 1.29 is 8.42 Å². The molecule has 134 valence electrons. The van der Waals surface area contributed by atoms with E-state index in [0.717, 1.165) is 37.9 Å². The zero-order chi connectivity index (χ0) is 16.7. The van der Waals surface area contributed by atoms with Crippen LogP contribution in [0.3, 0.4) is 0 Å². The Balaban J connectivity index is 1.71. The second-order valence-corrected chi connectivity index (χ2v) is 9.11. The van der Waals surface area contributed by atoms with Crippen LogP contribution in [0, 0.1) is 5.92 Å². The van der Waals surface area contributed by atoms with Crippen LogP contribution in [0.2, 0.25) is 0 Å². The van der Waals surface area contributed by atoms with Gasteiger partial charge in [-0.2, -0.15) is 0 Å². The molecule has 7 heteroatoms. The summed E-state index contributed by atoms with van der Waals surface area (Å²) in [5, 5.41) is 6.47. The standard InChI is InChI=1S/C16H32N4O2S/c1-3-17-16(19-15-7-12-23(21,22)13-15)18-8-4-9-20-10-5-14(2)6-11-20/h14-15H,3-13H2,1-2H3,(H2,17,18,19). The monoisotopic (exact) mass is 344 g/mol. The first-order valence-corrected chi connectivity index (χ1v) is 10.8. The van der Waals surface area contributed by atoms with E-state index in [1.807, 2.05) is 6.92 Å². The number of rotatable bonds is 6.